The summed E-state index contributed by atoms with van der Waals surface area (Å²) in [6.07, 6.45) is 2.58. The number of carboxylic acids is 1. The molecule has 0 aliphatic carbocycles. The van der Waals surface area contributed by atoms with Gasteiger partial charge in [-0.05, 0) is 12.1 Å². The number of rotatable bonds is 3. The van der Waals surface area contributed by atoms with Crippen LogP contribution in [0.1, 0.15) is 16.2 Å². The molecule has 0 saturated carbocycles. The summed E-state index contributed by atoms with van der Waals surface area (Å²) in [6, 6.07) is 2.89. The van der Waals surface area contributed by atoms with Crippen LogP contribution in [-0.2, 0) is 15.6 Å². The lowest BCUT2D eigenvalue weighted by Crippen LogP contribution is -2.02. The molecule has 0 saturated heterocycles. The second-order valence-corrected chi connectivity index (χ2v) is 5.73. The predicted molar refractivity (Wildman–Crippen MR) is 58.5 cm³/mol. The van der Waals surface area contributed by atoms with E-state index in [1.165, 1.54) is 22.8 Å². The van der Waals surface area contributed by atoms with E-state index in [1.807, 2.05) is 0 Å². The highest BCUT2D eigenvalue weighted by molar-refractivity contribution is 7.89. The van der Waals surface area contributed by atoms with Gasteiger partial charge in [-0.25, -0.2) is 22.7 Å². The summed E-state index contributed by atoms with van der Waals surface area (Å²) in [4.78, 5) is 14.8. The molecule has 0 radical (unpaired) electrons. The molecule has 0 fully saturated rings. The van der Waals surface area contributed by atoms with Gasteiger partial charge < -0.3 is 5.11 Å². The van der Waals surface area contributed by atoms with E-state index in [4.69, 9.17) is 5.11 Å². The minimum absolute atomic E-state index is 0.0141. The summed E-state index contributed by atoms with van der Waals surface area (Å²) < 4.78 is 23.4. The maximum atomic E-state index is 11.1. The summed E-state index contributed by atoms with van der Waals surface area (Å²) >= 11 is 0. The van der Waals surface area contributed by atoms with E-state index in [0.717, 1.165) is 6.26 Å². The SMILES string of the molecule is CS(=O)(=O)Cc1nc2c(C(=O)O)cccn2n1. The molecule has 17 heavy (non-hydrogen) atoms. The standard InChI is InChI=1S/C9H9N3O4S/c1-17(15,16)5-7-10-8-6(9(13)14)3-2-4-12(8)11-7/h2-4H,5H2,1H3,(H,13,14). The van der Waals surface area contributed by atoms with E-state index in [1.54, 1.807) is 0 Å². The Labute approximate surface area is 96.6 Å². The van der Waals surface area contributed by atoms with Crippen LogP contribution in [0.4, 0.5) is 0 Å². The highest BCUT2D eigenvalue weighted by Crippen LogP contribution is 2.10. The van der Waals surface area contributed by atoms with Crippen LogP contribution in [0.15, 0.2) is 18.3 Å². The fourth-order valence-electron chi connectivity index (χ4n) is 1.41. The largest absolute Gasteiger partial charge is 0.478 e. The first-order chi connectivity index (χ1) is 7.87. The molecule has 0 unspecified atom stereocenters. The lowest BCUT2D eigenvalue weighted by Gasteiger charge is -1.94. The third-order valence-corrected chi connectivity index (χ3v) is 2.81. The van der Waals surface area contributed by atoms with E-state index in [9.17, 15) is 13.2 Å². The lowest BCUT2D eigenvalue weighted by molar-refractivity contribution is 0.0698. The molecule has 0 atom stereocenters. The Morgan fingerprint density at radius 1 is 1.53 bits per heavy atom. The summed E-state index contributed by atoms with van der Waals surface area (Å²) in [7, 11) is -3.24. The van der Waals surface area contributed by atoms with Crippen molar-refractivity contribution in [3.63, 3.8) is 0 Å². The summed E-state index contributed by atoms with van der Waals surface area (Å²) in [5.41, 5.74) is 0.124. The third kappa shape index (κ3) is 2.41. The van der Waals surface area contributed by atoms with Crippen molar-refractivity contribution in [2.45, 2.75) is 5.75 Å². The van der Waals surface area contributed by atoms with E-state index in [0.29, 0.717) is 0 Å². The topological polar surface area (TPSA) is 102 Å². The Morgan fingerprint density at radius 2 is 2.24 bits per heavy atom. The minimum atomic E-state index is -3.24. The van der Waals surface area contributed by atoms with Gasteiger partial charge >= 0.3 is 5.97 Å². The van der Waals surface area contributed by atoms with Crippen LogP contribution < -0.4 is 0 Å². The molecule has 2 rings (SSSR count). The van der Waals surface area contributed by atoms with Gasteiger partial charge in [0.05, 0.1) is 0 Å². The van der Waals surface area contributed by atoms with Crippen LogP contribution in [0.25, 0.3) is 5.65 Å². The summed E-state index contributed by atoms with van der Waals surface area (Å²) in [5.74, 6) is -1.36. The molecule has 0 aliphatic heterocycles. The number of nitrogens with zero attached hydrogens (tertiary/aromatic N) is 3. The molecule has 2 aromatic rings. The van der Waals surface area contributed by atoms with Crippen LogP contribution in [-0.4, -0.2) is 40.3 Å². The zero-order valence-electron chi connectivity index (χ0n) is 8.86. The van der Waals surface area contributed by atoms with Gasteiger partial charge in [0.15, 0.2) is 21.3 Å². The van der Waals surface area contributed by atoms with Gasteiger partial charge in [0, 0.05) is 12.5 Å². The quantitative estimate of drug-likeness (QED) is 0.826. The minimum Gasteiger partial charge on any atom is -0.478 e. The molecule has 8 heteroatoms. The van der Waals surface area contributed by atoms with Gasteiger partial charge in [-0.15, -0.1) is 0 Å². The third-order valence-electron chi connectivity index (χ3n) is 2.03. The number of hydrogen-bond acceptors (Lipinski definition) is 5. The maximum absolute atomic E-state index is 11.1. The Bertz CT molecular complexity index is 689. The van der Waals surface area contributed by atoms with E-state index < -0.39 is 15.8 Å². The Kier molecular flexibility index (Phi) is 2.58. The molecule has 0 aromatic carbocycles. The number of hydrogen-bond donors (Lipinski definition) is 1. The van der Waals surface area contributed by atoms with Crippen LogP contribution >= 0.6 is 0 Å². The zero-order chi connectivity index (χ0) is 12.6. The molecule has 90 valence electrons. The molecule has 0 spiro atoms. The van der Waals surface area contributed by atoms with Crippen LogP contribution in [0.5, 0.6) is 0 Å². The summed E-state index contributed by atoms with van der Waals surface area (Å²) in [5, 5.41) is 12.8. The number of carbonyl (C=O) groups is 1. The van der Waals surface area contributed by atoms with Gasteiger partial charge in [0.25, 0.3) is 0 Å². The van der Waals surface area contributed by atoms with E-state index in [-0.39, 0.29) is 22.8 Å². The van der Waals surface area contributed by atoms with Crippen LogP contribution in [0.2, 0.25) is 0 Å². The molecule has 7 nitrogen and oxygen atoms in total. The van der Waals surface area contributed by atoms with Crippen molar-refractivity contribution in [1.82, 2.24) is 14.6 Å². The van der Waals surface area contributed by atoms with Crippen molar-refractivity contribution in [3.8, 4) is 0 Å². The normalized spacial score (nSPS) is 11.8. The van der Waals surface area contributed by atoms with Crippen molar-refractivity contribution >= 4 is 21.5 Å². The molecule has 2 heterocycles. The maximum Gasteiger partial charge on any atom is 0.339 e. The predicted octanol–water partition coefficient (Wildman–Crippen LogP) is -0.0279. The smallest absolute Gasteiger partial charge is 0.339 e. The van der Waals surface area contributed by atoms with Gasteiger partial charge in [-0.1, -0.05) is 0 Å². The van der Waals surface area contributed by atoms with Gasteiger partial charge in [-0.3, -0.25) is 0 Å². The molecule has 0 aliphatic rings. The number of pyridine rings is 1. The fourth-order valence-corrected chi connectivity index (χ4v) is 2.00. The molecular formula is C9H9N3O4S. The average molecular weight is 255 g/mol. The van der Waals surface area contributed by atoms with Gasteiger partial charge in [0.2, 0.25) is 0 Å². The number of fused-ring (bicyclic) bond motifs is 1. The van der Waals surface area contributed by atoms with Crippen molar-refractivity contribution in [1.29, 1.82) is 0 Å². The van der Waals surface area contributed by atoms with Crippen LogP contribution in [0.3, 0.4) is 0 Å². The first-order valence-electron chi connectivity index (χ1n) is 4.62. The first-order valence-corrected chi connectivity index (χ1v) is 6.68. The Morgan fingerprint density at radius 3 is 2.82 bits per heavy atom. The Hall–Kier alpha value is -1.96. The highest BCUT2D eigenvalue weighted by Gasteiger charge is 2.15. The average Bonchev–Trinajstić information content (AvgIpc) is 2.55. The van der Waals surface area contributed by atoms with E-state index >= 15 is 0 Å². The van der Waals surface area contributed by atoms with E-state index in [2.05, 4.69) is 10.1 Å². The molecule has 0 bridgehead atoms. The second-order valence-electron chi connectivity index (χ2n) is 3.59. The molecule has 0 amide bonds. The lowest BCUT2D eigenvalue weighted by atomic mass is 10.3. The van der Waals surface area contributed by atoms with Crippen LogP contribution in [0, 0.1) is 0 Å². The Balaban J connectivity index is 2.58. The molecule has 1 N–H and O–H groups in total. The highest BCUT2D eigenvalue weighted by atomic mass is 32.2. The van der Waals surface area contributed by atoms with Crippen molar-refractivity contribution in [3.05, 3.63) is 29.7 Å². The summed E-state index contributed by atoms with van der Waals surface area (Å²) in [6.45, 7) is 0. The number of sulfone groups is 1. The van der Waals surface area contributed by atoms with Crippen molar-refractivity contribution in [2.24, 2.45) is 0 Å². The number of aromatic nitrogens is 3. The van der Waals surface area contributed by atoms with Crippen molar-refractivity contribution < 1.29 is 18.3 Å². The molecular weight excluding hydrogens is 246 g/mol. The first kappa shape index (κ1) is 11.5. The zero-order valence-corrected chi connectivity index (χ0v) is 9.68. The number of carboxylic acid groups (broad SMARTS) is 1. The van der Waals surface area contributed by atoms with Gasteiger partial charge in [0.1, 0.15) is 11.3 Å². The number of aromatic carboxylic acids is 1. The second kappa shape index (κ2) is 3.81. The van der Waals surface area contributed by atoms with Gasteiger partial charge in [-0.2, -0.15) is 5.10 Å². The fraction of sp³-hybridized carbons (Fsp3) is 0.222. The molecule has 2 aromatic heterocycles. The van der Waals surface area contributed by atoms with Crippen molar-refractivity contribution in [2.75, 3.05) is 6.26 Å². The monoisotopic (exact) mass is 255 g/mol.